The van der Waals surface area contributed by atoms with Crippen LogP contribution in [0.1, 0.15) is 26.2 Å². The third kappa shape index (κ3) is 7.71. The number of methoxy groups -OCH3 is 1. The van der Waals surface area contributed by atoms with Crippen LogP contribution in [0.4, 0.5) is 0 Å². The zero-order chi connectivity index (χ0) is 12.3. The van der Waals surface area contributed by atoms with Crippen molar-refractivity contribution in [3.05, 3.63) is 0 Å². The van der Waals surface area contributed by atoms with Gasteiger partial charge in [0.25, 0.3) is 0 Å². The summed E-state index contributed by atoms with van der Waals surface area (Å²) in [6, 6.07) is 0. The van der Waals surface area contributed by atoms with Crippen molar-refractivity contribution < 1.29 is 9.47 Å². The normalized spacial score (nSPS) is 22.6. The summed E-state index contributed by atoms with van der Waals surface area (Å²) in [6.07, 6.45) is 4.09. The summed E-state index contributed by atoms with van der Waals surface area (Å²) in [5.41, 5.74) is 0. The molecule has 0 amide bonds. The van der Waals surface area contributed by atoms with E-state index in [1.54, 1.807) is 7.11 Å². The second kappa shape index (κ2) is 9.83. The average molecular weight is 244 g/mol. The minimum Gasteiger partial charge on any atom is -0.383 e. The number of nitrogens with zero attached hydrogens (tertiary/aromatic N) is 1. The minimum atomic E-state index is 0.400. The van der Waals surface area contributed by atoms with Crippen molar-refractivity contribution in [1.29, 1.82) is 0 Å². The smallest absolute Gasteiger partial charge is 0.0673 e. The first-order valence-corrected chi connectivity index (χ1v) is 6.86. The fraction of sp³-hybridized carbons (Fsp3) is 1.00. The van der Waals surface area contributed by atoms with Crippen LogP contribution in [0.3, 0.4) is 0 Å². The topological polar surface area (TPSA) is 33.7 Å². The molecule has 0 aliphatic carbocycles. The number of unbranched alkanes of at least 4 members (excludes halogenated alkanes) is 1. The highest BCUT2D eigenvalue weighted by Crippen LogP contribution is 2.06. The second-order valence-corrected chi connectivity index (χ2v) is 4.79. The van der Waals surface area contributed by atoms with Crippen LogP contribution in [0.15, 0.2) is 0 Å². The van der Waals surface area contributed by atoms with Crippen molar-refractivity contribution in [1.82, 2.24) is 10.2 Å². The first-order valence-electron chi connectivity index (χ1n) is 6.86. The molecule has 1 fully saturated rings. The van der Waals surface area contributed by atoms with E-state index in [1.807, 2.05) is 0 Å². The Hall–Kier alpha value is -0.160. The summed E-state index contributed by atoms with van der Waals surface area (Å²) in [5, 5.41) is 3.38. The lowest BCUT2D eigenvalue weighted by Crippen LogP contribution is -2.31. The van der Waals surface area contributed by atoms with E-state index < -0.39 is 0 Å². The van der Waals surface area contributed by atoms with Gasteiger partial charge in [-0.05, 0) is 39.3 Å². The monoisotopic (exact) mass is 244 g/mol. The van der Waals surface area contributed by atoms with Crippen LogP contribution in [-0.2, 0) is 9.47 Å². The average Bonchev–Trinajstić information content (AvgIpc) is 2.52. The van der Waals surface area contributed by atoms with Gasteiger partial charge < -0.3 is 19.7 Å². The molecule has 0 spiro atoms. The Morgan fingerprint density at radius 1 is 1.35 bits per heavy atom. The van der Waals surface area contributed by atoms with E-state index in [-0.39, 0.29) is 0 Å². The van der Waals surface area contributed by atoms with Gasteiger partial charge in [-0.3, -0.25) is 0 Å². The van der Waals surface area contributed by atoms with Crippen LogP contribution in [0.2, 0.25) is 0 Å². The van der Waals surface area contributed by atoms with Gasteiger partial charge in [0.15, 0.2) is 0 Å². The van der Waals surface area contributed by atoms with Crippen LogP contribution in [-0.4, -0.2) is 64.1 Å². The van der Waals surface area contributed by atoms with Crippen LogP contribution in [0, 0.1) is 0 Å². The van der Waals surface area contributed by atoms with Gasteiger partial charge in [-0.1, -0.05) is 0 Å². The van der Waals surface area contributed by atoms with E-state index in [0.717, 1.165) is 32.8 Å². The van der Waals surface area contributed by atoms with Gasteiger partial charge in [-0.2, -0.15) is 0 Å². The predicted molar refractivity (Wildman–Crippen MR) is 70.5 cm³/mol. The Morgan fingerprint density at radius 2 is 2.24 bits per heavy atom. The highest BCUT2D eigenvalue weighted by atomic mass is 16.5. The zero-order valence-corrected chi connectivity index (χ0v) is 11.4. The molecule has 0 bridgehead atoms. The molecular weight excluding hydrogens is 216 g/mol. The van der Waals surface area contributed by atoms with Crippen molar-refractivity contribution >= 4 is 0 Å². The molecule has 17 heavy (non-hydrogen) atoms. The van der Waals surface area contributed by atoms with Gasteiger partial charge in [-0.15, -0.1) is 0 Å². The molecule has 1 rings (SSSR count). The SMILES string of the molecule is COCCNCCCCN1CCCOC(C)C1. The fourth-order valence-electron chi connectivity index (χ4n) is 2.17. The second-order valence-electron chi connectivity index (χ2n) is 4.79. The number of ether oxygens (including phenoxy) is 2. The molecular formula is C13H28N2O2. The van der Waals surface area contributed by atoms with Crippen molar-refractivity contribution in [2.45, 2.75) is 32.3 Å². The van der Waals surface area contributed by atoms with Crippen molar-refractivity contribution in [2.75, 3.05) is 53.0 Å². The largest absolute Gasteiger partial charge is 0.383 e. The lowest BCUT2D eigenvalue weighted by molar-refractivity contribution is 0.0675. The Kier molecular flexibility index (Phi) is 8.61. The van der Waals surface area contributed by atoms with E-state index in [2.05, 4.69) is 17.1 Å². The molecule has 0 saturated carbocycles. The Morgan fingerprint density at radius 3 is 3.06 bits per heavy atom. The molecule has 0 aromatic heterocycles. The van der Waals surface area contributed by atoms with Crippen LogP contribution < -0.4 is 5.32 Å². The Bertz CT molecular complexity index is 179. The third-order valence-corrected chi connectivity index (χ3v) is 3.10. The maximum absolute atomic E-state index is 5.64. The molecule has 0 aromatic carbocycles. The quantitative estimate of drug-likeness (QED) is 0.649. The molecule has 1 atom stereocenters. The molecule has 4 nitrogen and oxygen atoms in total. The van der Waals surface area contributed by atoms with E-state index in [4.69, 9.17) is 9.47 Å². The first kappa shape index (κ1) is 14.9. The minimum absolute atomic E-state index is 0.400. The fourth-order valence-corrected chi connectivity index (χ4v) is 2.17. The molecule has 0 aromatic rings. The molecule has 1 unspecified atom stereocenters. The lowest BCUT2D eigenvalue weighted by atomic mass is 10.2. The molecule has 1 N–H and O–H groups in total. The van der Waals surface area contributed by atoms with E-state index >= 15 is 0 Å². The van der Waals surface area contributed by atoms with Crippen molar-refractivity contribution in [2.24, 2.45) is 0 Å². The molecule has 1 aliphatic heterocycles. The highest BCUT2D eigenvalue weighted by Gasteiger charge is 2.13. The number of rotatable bonds is 8. The first-order chi connectivity index (χ1) is 8.33. The van der Waals surface area contributed by atoms with Crippen molar-refractivity contribution in [3.8, 4) is 0 Å². The third-order valence-electron chi connectivity index (χ3n) is 3.10. The molecule has 4 heteroatoms. The maximum Gasteiger partial charge on any atom is 0.0673 e. The zero-order valence-electron chi connectivity index (χ0n) is 11.4. The maximum atomic E-state index is 5.64. The van der Waals surface area contributed by atoms with E-state index in [0.29, 0.717) is 6.10 Å². The van der Waals surface area contributed by atoms with Gasteiger partial charge in [-0.25, -0.2) is 0 Å². The molecule has 1 heterocycles. The highest BCUT2D eigenvalue weighted by molar-refractivity contribution is 4.66. The van der Waals surface area contributed by atoms with Crippen LogP contribution >= 0.6 is 0 Å². The summed E-state index contributed by atoms with van der Waals surface area (Å²) < 4.78 is 10.6. The molecule has 0 radical (unpaired) electrons. The van der Waals surface area contributed by atoms with Gasteiger partial charge >= 0.3 is 0 Å². The van der Waals surface area contributed by atoms with E-state index in [1.165, 1.54) is 32.4 Å². The molecule has 1 saturated heterocycles. The standard InChI is InChI=1S/C13H28N2O2/c1-13-12-15(9-5-10-17-13)8-4-3-6-14-7-11-16-2/h13-14H,3-12H2,1-2H3. The Balaban J connectivity index is 1.94. The summed E-state index contributed by atoms with van der Waals surface area (Å²) in [6.45, 7) is 9.47. The van der Waals surface area contributed by atoms with Gasteiger partial charge in [0, 0.05) is 33.4 Å². The summed E-state index contributed by atoms with van der Waals surface area (Å²) >= 11 is 0. The van der Waals surface area contributed by atoms with Crippen molar-refractivity contribution in [3.63, 3.8) is 0 Å². The van der Waals surface area contributed by atoms with Crippen LogP contribution in [0.5, 0.6) is 0 Å². The van der Waals surface area contributed by atoms with E-state index in [9.17, 15) is 0 Å². The van der Waals surface area contributed by atoms with Gasteiger partial charge in [0.05, 0.1) is 12.7 Å². The Labute approximate surface area is 106 Å². The lowest BCUT2D eigenvalue weighted by Gasteiger charge is -2.21. The van der Waals surface area contributed by atoms with Gasteiger partial charge in [0.2, 0.25) is 0 Å². The number of hydrogen-bond acceptors (Lipinski definition) is 4. The number of hydrogen-bond donors (Lipinski definition) is 1. The molecule has 102 valence electrons. The summed E-state index contributed by atoms with van der Waals surface area (Å²) in [5.74, 6) is 0. The summed E-state index contributed by atoms with van der Waals surface area (Å²) in [7, 11) is 1.74. The predicted octanol–water partition coefficient (Wildman–Crippen LogP) is 1.11. The summed E-state index contributed by atoms with van der Waals surface area (Å²) in [4.78, 5) is 2.53. The van der Waals surface area contributed by atoms with Crippen LogP contribution in [0.25, 0.3) is 0 Å². The number of nitrogens with one attached hydrogen (secondary N) is 1. The van der Waals surface area contributed by atoms with Gasteiger partial charge in [0.1, 0.15) is 0 Å². The molecule has 1 aliphatic rings.